The number of carboxylic acid groups (broad SMARTS) is 1. The molecule has 2 heterocycles. The average Bonchev–Trinajstić information content (AvgIpc) is 2.26. The monoisotopic (exact) mass is 261 g/mol. The third kappa shape index (κ3) is 2.23. The molecule has 5 nitrogen and oxygen atoms in total. The van der Waals surface area contributed by atoms with E-state index in [2.05, 4.69) is 4.98 Å². The first kappa shape index (κ1) is 12.6. The molecule has 0 aromatic carbocycles. The van der Waals surface area contributed by atoms with Gasteiger partial charge in [-0.3, -0.25) is 4.98 Å². The van der Waals surface area contributed by atoms with Gasteiger partial charge in [-0.1, -0.05) is 0 Å². The highest BCUT2D eigenvalue weighted by Gasteiger charge is 2.34. The molecule has 0 bridgehead atoms. The maximum Gasteiger partial charge on any atom is 0.417 e. The number of amides is 1. The van der Waals surface area contributed by atoms with Crippen LogP contribution in [-0.2, 0) is 12.7 Å². The van der Waals surface area contributed by atoms with Crippen LogP contribution in [0.15, 0.2) is 12.3 Å². The number of aromatic nitrogens is 1. The minimum absolute atomic E-state index is 0.0285. The van der Waals surface area contributed by atoms with Crippen molar-refractivity contribution in [3.63, 3.8) is 0 Å². The number of nitrogens with two attached hydrogens (primary N) is 1. The van der Waals surface area contributed by atoms with Crippen molar-refractivity contribution in [1.82, 2.24) is 9.88 Å². The van der Waals surface area contributed by atoms with Crippen molar-refractivity contribution in [2.75, 3.05) is 6.54 Å². The van der Waals surface area contributed by atoms with E-state index in [4.69, 9.17) is 10.8 Å². The van der Waals surface area contributed by atoms with Crippen molar-refractivity contribution in [3.05, 3.63) is 29.1 Å². The molecule has 1 aromatic rings. The molecule has 1 aliphatic rings. The molecule has 1 aromatic heterocycles. The molecule has 98 valence electrons. The normalized spacial score (nSPS) is 19.6. The van der Waals surface area contributed by atoms with Gasteiger partial charge in [-0.25, -0.2) is 4.79 Å². The van der Waals surface area contributed by atoms with Crippen LogP contribution >= 0.6 is 0 Å². The summed E-state index contributed by atoms with van der Waals surface area (Å²) in [5.74, 6) is 0. The number of fused-ring (bicyclic) bond motifs is 1. The molecule has 1 amide bonds. The van der Waals surface area contributed by atoms with Gasteiger partial charge in [0.15, 0.2) is 0 Å². The van der Waals surface area contributed by atoms with Gasteiger partial charge in [0.2, 0.25) is 0 Å². The Morgan fingerprint density at radius 2 is 2.22 bits per heavy atom. The number of alkyl halides is 3. The fraction of sp³-hybridized carbons (Fsp3) is 0.400. The van der Waals surface area contributed by atoms with Gasteiger partial charge in [0.1, 0.15) is 0 Å². The Hall–Kier alpha value is -1.83. The lowest BCUT2D eigenvalue weighted by Crippen LogP contribution is -2.40. The van der Waals surface area contributed by atoms with Gasteiger partial charge < -0.3 is 15.7 Å². The van der Waals surface area contributed by atoms with Crippen LogP contribution < -0.4 is 5.73 Å². The maximum absolute atomic E-state index is 12.5. The Morgan fingerprint density at radius 3 is 2.78 bits per heavy atom. The summed E-state index contributed by atoms with van der Waals surface area (Å²) < 4.78 is 37.5. The van der Waals surface area contributed by atoms with Gasteiger partial charge in [0.05, 0.1) is 23.8 Å². The Balaban J connectivity index is 2.40. The molecule has 0 saturated heterocycles. The Bertz CT molecular complexity index is 490. The van der Waals surface area contributed by atoms with Crippen LogP contribution in [0, 0.1) is 0 Å². The number of hydrogen-bond acceptors (Lipinski definition) is 3. The lowest BCUT2D eigenvalue weighted by Gasteiger charge is -2.30. The number of rotatable bonds is 0. The third-order valence-electron chi connectivity index (χ3n) is 2.73. The molecule has 1 atom stereocenters. The van der Waals surface area contributed by atoms with Crippen LogP contribution in [0.25, 0.3) is 0 Å². The van der Waals surface area contributed by atoms with E-state index in [0.717, 1.165) is 17.2 Å². The highest BCUT2D eigenvalue weighted by atomic mass is 19.4. The minimum Gasteiger partial charge on any atom is -0.465 e. The van der Waals surface area contributed by atoms with E-state index in [1.165, 1.54) is 0 Å². The summed E-state index contributed by atoms with van der Waals surface area (Å²) in [6, 6.07) is 0.198. The second-order valence-electron chi connectivity index (χ2n) is 4.04. The second kappa shape index (κ2) is 4.13. The van der Waals surface area contributed by atoms with Gasteiger partial charge in [0, 0.05) is 12.7 Å². The molecule has 0 radical (unpaired) electrons. The summed E-state index contributed by atoms with van der Waals surface area (Å²) in [5, 5.41) is 8.84. The van der Waals surface area contributed by atoms with Crippen molar-refractivity contribution in [2.45, 2.75) is 18.8 Å². The summed E-state index contributed by atoms with van der Waals surface area (Å²) in [6.45, 7) is -0.101. The summed E-state index contributed by atoms with van der Waals surface area (Å²) in [5.41, 5.74) is 5.30. The summed E-state index contributed by atoms with van der Waals surface area (Å²) in [6.07, 6.45) is -5.00. The van der Waals surface area contributed by atoms with Gasteiger partial charge in [-0.15, -0.1) is 0 Å². The van der Waals surface area contributed by atoms with Gasteiger partial charge in [-0.2, -0.15) is 13.2 Å². The van der Waals surface area contributed by atoms with E-state index < -0.39 is 23.9 Å². The van der Waals surface area contributed by atoms with E-state index in [1.54, 1.807) is 0 Å². The van der Waals surface area contributed by atoms with Crippen molar-refractivity contribution in [2.24, 2.45) is 5.73 Å². The van der Waals surface area contributed by atoms with Crippen molar-refractivity contribution >= 4 is 6.09 Å². The minimum atomic E-state index is -4.50. The fourth-order valence-electron chi connectivity index (χ4n) is 1.88. The van der Waals surface area contributed by atoms with E-state index in [1.807, 2.05) is 0 Å². The number of halogens is 3. The number of hydrogen-bond donors (Lipinski definition) is 2. The molecular formula is C10H10F3N3O2. The molecule has 3 N–H and O–H groups in total. The van der Waals surface area contributed by atoms with Crippen LogP contribution in [0.1, 0.15) is 22.9 Å². The molecule has 0 saturated carbocycles. The van der Waals surface area contributed by atoms with E-state index >= 15 is 0 Å². The highest BCUT2D eigenvalue weighted by molar-refractivity contribution is 5.65. The number of pyridine rings is 1. The molecule has 8 heteroatoms. The van der Waals surface area contributed by atoms with E-state index in [-0.39, 0.29) is 18.7 Å². The standard InChI is InChI=1S/C10H10F3N3O2/c11-10(12,13)6-1-5-3-16(9(17)18)4-7(14)8(5)15-2-6/h1-2,7H,3-4,14H2,(H,17,18). The van der Waals surface area contributed by atoms with Gasteiger partial charge in [-0.05, 0) is 11.6 Å². The van der Waals surface area contributed by atoms with Crippen LogP contribution in [-0.4, -0.2) is 27.6 Å². The zero-order chi connectivity index (χ0) is 13.5. The summed E-state index contributed by atoms with van der Waals surface area (Å²) in [4.78, 5) is 15.5. The first-order valence-corrected chi connectivity index (χ1v) is 5.08. The summed E-state index contributed by atoms with van der Waals surface area (Å²) in [7, 11) is 0. The largest absolute Gasteiger partial charge is 0.465 e. The Morgan fingerprint density at radius 1 is 1.56 bits per heavy atom. The topological polar surface area (TPSA) is 79.5 Å². The lowest BCUT2D eigenvalue weighted by molar-refractivity contribution is -0.137. The second-order valence-corrected chi connectivity index (χ2v) is 4.04. The van der Waals surface area contributed by atoms with Crippen molar-refractivity contribution in [3.8, 4) is 0 Å². The Kier molecular flexibility index (Phi) is 2.89. The first-order valence-electron chi connectivity index (χ1n) is 5.08. The van der Waals surface area contributed by atoms with Crippen LogP contribution in [0.5, 0.6) is 0 Å². The molecule has 18 heavy (non-hydrogen) atoms. The predicted molar refractivity (Wildman–Crippen MR) is 54.6 cm³/mol. The van der Waals surface area contributed by atoms with Gasteiger partial charge in [0.25, 0.3) is 0 Å². The molecular weight excluding hydrogens is 251 g/mol. The van der Waals surface area contributed by atoms with Crippen LogP contribution in [0.2, 0.25) is 0 Å². The molecule has 2 rings (SSSR count). The van der Waals surface area contributed by atoms with Crippen molar-refractivity contribution < 1.29 is 23.1 Å². The van der Waals surface area contributed by atoms with Crippen molar-refractivity contribution in [1.29, 1.82) is 0 Å². The van der Waals surface area contributed by atoms with E-state index in [0.29, 0.717) is 5.69 Å². The predicted octanol–water partition coefficient (Wildman–Crippen LogP) is 1.59. The molecule has 0 fully saturated rings. The lowest BCUT2D eigenvalue weighted by atomic mass is 10.0. The molecule has 0 aliphatic carbocycles. The van der Waals surface area contributed by atoms with E-state index in [9.17, 15) is 18.0 Å². The molecule has 1 aliphatic heterocycles. The quantitative estimate of drug-likeness (QED) is 0.743. The summed E-state index contributed by atoms with van der Waals surface area (Å²) >= 11 is 0. The number of carbonyl (C=O) groups is 1. The van der Waals surface area contributed by atoms with Crippen LogP contribution in [0.4, 0.5) is 18.0 Å². The zero-order valence-corrected chi connectivity index (χ0v) is 9.11. The third-order valence-corrected chi connectivity index (χ3v) is 2.73. The molecule has 1 unspecified atom stereocenters. The zero-order valence-electron chi connectivity index (χ0n) is 9.11. The fourth-order valence-corrected chi connectivity index (χ4v) is 1.88. The first-order chi connectivity index (χ1) is 8.29. The van der Waals surface area contributed by atoms with Crippen LogP contribution in [0.3, 0.4) is 0 Å². The smallest absolute Gasteiger partial charge is 0.417 e. The molecule has 0 spiro atoms. The average molecular weight is 261 g/mol. The Labute approximate surface area is 100 Å². The van der Waals surface area contributed by atoms with Gasteiger partial charge >= 0.3 is 12.3 Å². The maximum atomic E-state index is 12.5. The highest BCUT2D eigenvalue weighted by Crippen LogP contribution is 2.32. The number of nitrogens with zero attached hydrogens (tertiary/aromatic N) is 2. The SMILES string of the molecule is NC1CN(C(=O)O)Cc2cc(C(F)(F)F)cnc21.